The average Bonchev–Trinajstić information content (AvgIpc) is 2.39. The summed E-state index contributed by atoms with van der Waals surface area (Å²) in [6, 6.07) is 9.17. The first-order valence-corrected chi connectivity index (χ1v) is 7.14. The summed E-state index contributed by atoms with van der Waals surface area (Å²) in [5.74, 6) is 0. The molecule has 1 rings (SSSR count). The molecule has 0 spiro atoms. The molecule has 1 N–H and O–H groups in total. The topological polar surface area (TPSA) is 12.0 Å². The van der Waals surface area contributed by atoms with Crippen LogP contribution < -0.4 is 5.32 Å². The zero-order valence-corrected chi connectivity index (χ0v) is 12.1. The second kappa shape index (κ2) is 8.10. The minimum absolute atomic E-state index is 0.490. The lowest BCUT2D eigenvalue weighted by atomic mass is 9.97. The Morgan fingerprint density at radius 2 is 2.00 bits per heavy atom. The summed E-state index contributed by atoms with van der Waals surface area (Å²) in [6.45, 7) is 11.7. The Hall–Kier alpha value is -1.08. The molecular formula is C17H27N. The molecule has 0 fully saturated rings. The van der Waals surface area contributed by atoms with E-state index in [0.29, 0.717) is 6.04 Å². The maximum Gasteiger partial charge on any atom is 0.0276 e. The minimum Gasteiger partial charge on any atom is -0.311 e. The van der Waals surface area contributed by atoms with Crippen LogP contribution in [0.5, 0.6) is 0 Å². The van der Waals surface area contributed by atoms with Crippen molar-refractivity contribution < 1.29 is 0 Å². The van der Waals surface area contributed by atoms with Gasteiger partial charge in [0.2, 0.25) is 0 Å². The van der Waals surface area contributed by atoms with Crippen molar-refractivity contribution in [2.75, 3.05) is 6.54 Å². The van der Waals surface area contributed by atoms with Gasteiger partial charge in [0, 0.05) is 6.04 Å². The molecule has 1 unspecified atom stereocenters. The molecule has 0 radical (unpaired) electrons. The number of likely N-dealkylation sites (N-methyl/N-ethyl adjacent to an activating group) is 1. The summed E-state index contributed by atoms with van der Waals surface area (Å²) in [5, 5.41) is 3.53. The van der Waals surface area contributed by atoms with E-state index in [0.717, 1.165) is 13.0 Å². The van der Waals surface area contributed by atoms with Crippen molar-refractivity contribution in [3.63, 3.8) is 0 Å². The molecule has 0 heterocycles. The van der Waals surface area contributed by atoms with Crippen LogP contribution in [0.25, 0.3) is 0 Å². The van der Waals surface area contributed by atoms with Crippen molar-refractivity contribution >= 4 is 0 Å². The van der Waals surface area contributed by atoms with Gasteiger partial charge in [0.15, 0.2) is 0 Å². The number of aryl methyl sites for hydroxylation is 2. The summed E-state index contributed by atoms with van der Waals surface area (Å²) < 4.78 is 0. The second-order valence-electron chi connectivity index (χ2n) is 4.94. The molecule has 100 valence electrons. The molecule has 0 saturated heterocycles. The Bertz CT molecular complexity index is 368. The molecule has 1 atom stereocenters. The lowest BCUT2D eigenvalue weighted by molar-refractivity contribution is 0.523. The fourth-order valence-electron chi connectivity index (χ4n) is 2.33. The zero-order valence-electron chi connectivity index (χ0n) is 12.1. The third kappa shape index (κ3) is 4.66. The standard InChI is InChI=1S/C17H27N/c1-5-14(3)17(18-6-2)13-9-12-16-11-8-7-10-15(16)4/h7-8,10-11,17-18H,3,5-6,9,12-13H2,1-2,4H3. The maximum absolute atomic E-state index is 4.17. The predicted octanol–water partition coefficient (Wildman–Crippen LogP) is 4.26. The van der Waals surface area contributed by atoms with Crippen molar-refractivity contribution in [1.82, 2.24) is 5.32 Å². The molecule has 0 aliphatic carbocycles. The molecule has 0 aliphatic heterocycles. The van der Waals surface area contributed by atoms with Gasteiger partial charge in [-0.1, -0.05) is 50.3 Å². The van der Waals surface area contributed by atoms with Gasteiger partial charge in [-0.3, -0.25) is 0 Å². The van der Waals surface area contributed by atoms with Gasteiger partial charge < -0.3 is 5.32 Å². The summed E-state index contributed by atoms with van der Waals surface area (Å²) in [7, 11) is 0. The third-order valence-corrected chi connectivity index (χ3v) is 3.60. The van der Waals surface area contributed by atoms with Crippen LogP contribution in [0.15, 0.2) is 36.4 Å². The Labute approximate surface area is 112 Å². The number of hydrogen-bond acceptors (Lipinski definition) is 1. The Kier molecular flexibility index (Phi) is 6.74. The zero-order chi connectivity index (χ0) is 13.4. The van der Waals surface area contributed by atoms with Gasteiger partial charge in [0.1, 0.15) is 0 Å². The van der Waals surface area contributed by atoms with Gasteiger partial charge in [0.25, 0.3) is 0 Å². The van der Waals surface area contributed by atoms with Crippen LogP contribution in [0.1, 0.15) is 44.2 Å². The summed E-state index contributed by atoms with van der Waals surface area (Å²) in [6.07, 6.45) is 4.66. The van der Waals surface area contributed by atoms with Crippen LogP contribution in [0.4, 0.5) is 0 Å². The van der Waals surface area contributed by atoms with E-state index in [9.17, 15) is 0 Å². The molecule has 0 bridgehead atoms. The normalized spacial score (nSPS) is 12.4. The molecule has 1 aromatic carbocycles. The van der Waals surface area contributed by atoms with Gasteiger partial charge in [-0.05, 0) is 50.3 Å². The van der Waals surface area contributed by atoms with E-state index in [1.54, 1.807) is 0 Å². The van der Waals surface area contributed by atoms with Gasteiger partial charge in [-0.15, -0.1) is 0 Å². The summed E-state index contributed by atoms with van der Waals surface area (Å²) >= 11 is 0. The van der Waals surface area contributed by atoms with E-state index in [4.69, 9.17) is 0 Å². The first-order chi connectivity index (χ1) is 8.69. The summed E-state index contributed by atoms with van der Waals surface area (Å²) in [5.41, 5.74) is 4.23. The molecule has 0 aliphatic rings. The number of hydrogen-bond donors (Lipinski definition) is 1. The molecule has 0 amide bonds. The molecule has 0 aromatic heterocycles. The van der Waals surface area contributed by atoms with Gasteiger partial charge >= 0.3 is 0 Å². The molecule has 18 heavy (non-hydrogen) atoms. The average molecular weight is 245 g/mol. The van der Waals surface area contributed by atoms with Crippen LogP contribution in [0.2, 0.25) is 0 Å². The van der Waals surface area contributed by atoms with E-state index in [2.05, 4.69) is 56.9 Å². The quantitative estimate of drug-likeness (QED) is 0.675. The smallest absolute Gasteiger partial charge is 0.0276 e. The number of rotatable bonds is 8. The van der Waals surface area contributed by atoms with Crippen molar-refractivity contribution in [2.24, 2.45) is 0 Å². The first kappa shape index (κ1) is 15.0. The molecule has 1 aromatic rings. The minimum atomic E-state index is 0.490. The van der Waals surface area contributed by atoms with E-state index < -0.39 is 0 Å². The van der Waals surface area contributed by atoms with E-state index >= 15 is 0 Å². The largest absolute Gasteiger partial charge is 0.311 e. The van der Waals surface area contributed by atoms with E-state index in [1.807, 2.05) is 0 Å². The number of benzene rings is 1. The molecular weight excluding hydrogens is 218 g/mol. The van der Waals surface area contributed by atoms with Crippen LogP contribution in [0.3, 0.4) is 0 Å². The summed E-state index contributed by atoms with van der Waals surface area (Å²) in [4.78, 5) is 0. The molecule has 1 nitrogen and oxygen atoms in total. The van der Waals surface area contributed by atoms with Crippen LogP contribution in [-0.4, -0.2) is 12.6 Å². The lowest BCUT2D eigenvalue weighted by Crippen LogP contribution is -2.30. The highest BCUT2D eigenvalue weighted by Crippen LogP contribution is 2.15. The Morgan fingerprint density at radius 3 is 2.61 bits per heavy atom. The monoisotopic (exact) mass is 245 g/mol. The fourth-order valence-corrected chi connectivity index (χ4v) is 2.33. The van der Waals surface area contributed by atoms with E-state index in [1.165, 1.54) is 36.0 Å². The third-order valence-electron chi connectivity index (χ3n) is 3.60. The highest BCUT2D eigenvalue weighted by molar-refractivity contribution is 5.25. The number of nitrogens with one attached hydrogen (secondary N) is 1. The molecule has 0 saturated carbocycles. The van der Waals surface area contributed by atoms with Gasteiger partial charge in [0.05, 0.1) is 0 Å². The van der Waals surface area contributed by atoms with Crippen molar-refractivity contribution in [3.8, 4) is 0 Å². The van der Waals surface area contributed by atoms with Gasteiger partial charge in [-0.25, -0.2) is 0 Å². The van der Waals surface area contributed by atoms with Crippen molar-refractivity contribution in [1.29, 1.82) is 0 Å². The first-order valence-electron chi connectivity index (χ1n) is 7.14. The van der Waals surface area contributed by atoms with Crippen molar-refractivity contribution in [2.45, 2.75) is 52.5 Å². The van der Waals surface area contributed by atoms with Crippen LogP contribution >= 0.6 is 0 Å². The lowest BCUT2D eigenvalue weighted by Gasteiger charge is -2.19. The second-order valence-corrected chi connectivity index (χ2v) is 4.94. The predicted molar refractivity (Wildman–Crippen MR) is 81.0 cm³/mol. The highest BCUT2D eigenvalue weighted by Gasteiger charge is 2.09. The highest BCUT2D eigenvalue weighted by atomic mass is 14.9. The Morgan fingerprint density at radius 1 is 1.28 bits per heavy atom. The maximum atomic E-state index is 4.17. The Balaban J connectivity index is 2.44. The SMILES string of the molecule is C=C(CC)C(CCCc1ccccc1C)NCC. The van der Waals surface area contributed by atoms with Crippen molar-refractivity contribution in [3.05, 3.63) is 47.5 Å². The molecule has 1 heteroatoms. The van der Waals surface area contributed by atoms with Gasteiger partial charge in [-0.2, -0.15) is 0 Å². The van der Waals surface area contributed by atoms with Crippen LogP contribution in [-0.2, 0) is 6.42 Å². The van der Waals surface area contributed by atoms with E-state index in [-0.39, 0.29) is 0 Å². The fraction of sp³-hybridized carbons (Fsp3) is 0.529. The van der Waals surface area contributed by atoms with Crippen LogP contribution in [0, 0.1) is 6.92 Å².